The first kappa shape index (κ1) is 9.07. The molecule has 1 aliphatic rings. The summed E-state index contributed by atoms with van der Waals surface area (Å²) in [5.41, 5.74) is 1.92. The van der Waals surface area contributed by atoms with Crippen LogP contribution in [0.1, 0.15) is 32.6 Å². The first-order valence-electron chi connectivity index (χ1n) is 5.11. The number of hydrogen-bond donors (Lipinski definition) is 1. The molecule has 1 heterocycles. The molecule has 1 N–H and O–H groups in total. The Morgan fingerprint density at radius 2 is 2.38 bits per heavy atom. The van der Waals surface area contributed by atoms with E-state index in [-0.39, 0.29) is 0 Å². The van der Waals surface area contributed by atoms with Crippen molar-refractivity contribution >= 4 is 17.0 Å². The second-order valence-electron chi connectivity index (χ2n) is 4.07. The Balaban J connectivity index is 1.84. The van der Waals surface area contributed by atoms with Crippen molar-refractivity contribution in [3.05, 3.63) is 16.8 Å². The molecule has 0 atom stereocenters. The second kappa shape index (κ2) is 3.70. The number of anilines is 1. The Bertz CT molecular complexity index is 244. The summed E-state index contributed by atoms with van der Waals surface area (Å²) in [5.74, 6) is 0. The highest BCUT2D eigenvalue weighted by Gasteiger charge is 2.34. The highest BCUT2D eigenvalue weighted by molar-refractivity contribution is 7.08. The molecule has 13 heavy (non-hydrogen) atoms. The molecule has 1 saturated carbocycles. The Hall–Kier alpha value is -0.500. The van der Waals surface area contributed by atoms with Crippen LogP contribution in [0.25, 0.3) is 0 Å². The molecule has 0 unspecified atom stereocenters. The summed E-state index contributed by atoms with van der Waals surface area (Å²) in [6.45, 7) is 3.48. The van der Waals surface area contributed by atoms with Gasteiger partial charge in [-0.25, -0.2) is 0 Å². The molecule has 0 radical (unpaired) electrons. The fourth-order valence-corrected chi connectivity index (χ4v) is 2.60. The first-order valence-corrected chi connectivity index (χ1v) is 6.05. The number of hydrogen-bond acceptors (Lipinski definition) is 2. The van der Waals surface area contributed by atoms with E-state index in [0.717, 1.165) is 0 Å². The zero-order valence-electron chi connectivity index (χ0n) is 8.18. The Kier molecular flexibility index (Phi) is 2.58. The van der Waals surface area contributed by atoms with Crippen LogP contribution in [0.15, 0.2) is 16.8 Å². The summed E-state index contributed by atoms with van der Waals surface area (Å²) in [4.78, 5) is 0. The average molecular weight is 195 g/mol. The van der Waals surface area contributed by atoms with Gasteiger partial charge >= 0.3 is 0 Å². The van der Waals surface area contributed by atoms with Crippen LogP contribution in [0.4, 0.5) is 5.69 Å². The van der Waals surface area contributed by atoms with E-state index >= 15 is 0 Å². The smallest absolute Gasteiger partial charge is 0.0449 e. The summed E-state index contributed by atoms with van der Waals surface area (Å²) in [6.07, 6.45) is 5.59. The topological polar surface area (TPSA) is 12.0 Å². The van der Waals surface area contributed by atoms with Gasteiger partial charge in [0.2, 0.25) is 0 Å². The lowest BCUT2D eigenvalue weighted by atomic mass is 9.67. The van der Waals surface area contributed by atoms with E-state index in [2.05, 4.69) is 29.1 Å². The molecule has 0 spiro atoms. The van der Waals surface area contributed by atoms with Crippen molar-refractivity contribution in [2.75, 3.05) is 11.9 Å². The SMILES string of the molecule is CCC1(CNc2ccsc2)CCC1. The van der Waals surface area contributed by atoms with E-state index in [4.69, 9.17) is 0 Å². The normalized spacial score (nSPS) is 19.5. The van der Waals surface area contributed by atoms with Gasteiger partial charge in [-0.05, 0) is 36.1 Å². The van der Waals surface area contributed by atoms with Crippen LogP contribution in [0.3, 0.4) is 0 Å². The Labute approximate surface area is 84.2 Å². The first-order chi connectivity index (χ1) is 6.35. The molecule has 0 saturated heterocycles. The third kappa shape index (κ3) is 1.88. The van der Waals surface area contributed by atoms with Crippen molar-refractivity contribution in [3.8, 4) is 0 Å². The average Bonchev–Trinajstić information content (AvgIpc) is 2.56. The van der Waals surface area contributed by atoms with E-state index in [1.165, 1.54) is 37.9 Å². The zero-order valence-corrected chi connectivity index (χ0v) is 8.99. The lowest BCUT2D eigenvalue weighted by molar-refractivity contribution is 0.145. The van der Waals surface area contributed by atoms with E-state index in [9.17, 15) is 0 Å². The lowest BCUT2D eigenvalue weighted by Crippen LogP contribution is -2.35. The molecular formula is C11H17NS. The summed E-state index contributed by atoms with van der Waals surface area (Å²) in [7, 11) is 0. The minimum Gasteiger partial charge on any atom is -0.384 e. The Morgan fingerprint density at radius 3 is 2.85 bits per heavy atom. The summed E-state index contributed by atoms with van der Waals surface area (Å²) in [5, 5.41) is 7.84. The molecule has 2 heteroatoms. The predicted molar refractivity (Wildman–Crippen MR) is 59.4 cm³/mol. The monoisotopic (exact) mass is 195 g/mol. The highest BCUT2D eigenvalue weighted by atomic mass is 32.1. The van der Waals surface area contributed by atoms with Gasteiger partial charge in [-0.3, -0.25) is 0 Å². The van der Waals surface area contributed by atoms with Gasteiger partial charge in [0.1, 0.15) is 0 Å². The molecule has 72 valence electrons. The predicted octanol–water partition coefficient (Wildman–Crippen LogP) is 3.74. The second-order valence-corrected chi connectivity index (χ2v) is 4.85. The third-order valence-electron chi connectivity index (χ3n) is 3.35. The molecule has 2 rings (SSSR count). The van der Waals surface area contributed by atoms with E-state index < -0.39 is 0 Å². The van der Waals surface area contributed by atoms with Crippen molar-refractivity contribution < 1.29 is 0 Å². The van der Waals surface area contributed by atoms with Crippen LogP contribution in [-0.2, 0) is 0 Å². The highest BCUT2D eigenvalue weighted by Crippen LogP contribution is 2.43. The quantitative estimate of drug-likeness (QED) is 0.771. The minimum atomic E-state index is 0.627. The molecule has 1 nitrogen and oxygen atoms in total. The minimum absolute atomic E-state index is 0.627. The molecule has 1 aromatic rings. The zero-order chi connectivity index (χ0) is 9.15. The molecule has 0 aliphatic heterocycles. The molecule has 1 aromatic heterocycles. The fraction of sp³-hybridized carbons (Fsp3) is 0.636. The van der Waals surface area contributed by atoms with Gasteiger partial charge in [-0.1, -0.05) is 13.3 Å². The van der Waals surface area contributed by atoms with Crippen molar-refractivity contribution in [2.24, 2.45) is 5.41 Å². The fourth-order valence-electron chi connectivity index (χ4n) is 1.99. The van der Waals surface area contributed by atoms with E-state index in [1.54, 1.807) is 11.3 Å². The number of nitrogens with one attached hydrogen (secondary N) is 1. The standard InChI is InChI=1S/C11H17NS/c1-2-11(5-3-6-11)9-12-10-4-7-13-8-10/h4,7-8,12H,2-3,5-6,9H2,1H3. The third-order valence-corrected chi connectivity index (χ3v) is 4.04. The van der Waals surface area contributed by atoms with Crippen molar-refractivity contribution in [3.63, 3.8) is 0 Å². The van der Waals surface area contributed by atoms with Crippen LogP contribution in [0, 0.1) is 5.41 Å². The van der Waals surface area contributed by atoms with Gasteiger partial charge in [0.05, 0.1) is 0 Å². The van der Waals surface area contributed by atoms with Crippen molar-refractivity contribution in [2.45, 2.75) is 32.6 Å². The molecule has 0 aromatic carbocycles. The van der Waals surface area contributed by atoms with Gasteiger partial charge in [0.25, 0.3) is 0 Å². The summed E-state index contributed by atoms with van der Waals surface area (Å²) in [6, 6.07) is 2.16. The van der Waals surface area contributed by atoms with Crippen LogP contribution in [0.2, 0.25) is 0 Å². The maximum Gasteiger partial charge on any atom is 0.0449 e. The van der Waals surface area contributed by atoms with Crippen molar-refractivity contribution in [1.29, 1.82) is 0 Å². The summed E-state index contributed by atoms with van der Waals surface area (Å²) >= 11 is 1.76. The van der Waals surface area contributed by atoms with E-state index in [0.29, 0.717) is 5.41 Å². The van der Waals surface area contributed by atoms with Gasteiger partial charge in [0.15, 0.2) is 0 Å². The van der Waals surface area contributed by atoms with Crippen LogP contribution >= 0.6 is 11.3 Å². The van der Waals surface area contributed by atoms with Gasteiger partial charge in [-0.15, -0.1) is 0 Å². The molecular weight excluding hydrogens is 178 g/mol. The largest absolute Gasteiger partial charge is 0.384 e. The number of thiophene rings is 1. The van der Waals surface area contributed by atoms with Crippen LogP contribution < -0.4 is 5.32 Å². The van der Waals surface area contributed by atoms with Gasteiger partial charge < -0.3 is 5.32 Å². The number of rotatable bonds is 4. The Morgan fingerprint density at radius 1 is 1.54 bits per heavy atom. The molecule has 0 bridgehead atoms. The van der Waals surface area contributed by atoms with Gasteiger partial charge in [0, 0.05) is 17.6 Å². The molecule has 0 amide bonds. The molecule has 1 aliphatic carbocycles. The van der Waals surface area contributed by atoms with Crippen molar-refractivity contribution in [1.82, 2.24) is 0 Å². The summed E-state index contributed by atoms with van der Waals surface area (Å²) < 4.78 is 0. The van der Waals surface area contributed by atoms with Crippen LogP contribution in [0.5, 0.6) is 0 Å². The van der Waals surface area contributed by atoms with Gasteiger partial charge in [-0.2, -0.15) is 11.3 Å². The van der Waals surface area contributed by atoms with E-state index in [1.807, 2.05) is 0 Å². The maximum absolute atomic E-state index is 3.53. The van der Waals surface area contributed by atoms with Crippen LogP contribution in [-0.4, -0.2) is 6.54 Å². The molecule has 1 fully saturated rings. The maximum atomic E-state index is 3.53. The lowest BCUT2D eigenvalue weighted by Gasteiger charge is -2.41.